The van der Waals surface area contributed by atoms with E-state index >= 15 is 0 Å². The topological polar surface area (TPSA) is 79.6 Å². The predicted octanol–water partition coefficient (Wildman–Crippen LogP) is 5.88. The number of esters is 1. The largest absolute Gasteiger partial charge is 0.508 e. The van der Waals surface area contributed by atoms with Crippen LogP contribution in [0.5, 0.6) is 17.2 Å². The molecule has 1 saturated carbocycles. The second-order valence-electron chi connectivity index (χ2n) is 7.40. The van der Waals surface area contributed by atoms with Gasteiger partial charge in [-0.2, -0.15) is 5.26 Å². The van der Waals surface area contributed by atoms with Gasteiger partial charge in [0, 0.05) is 5.56 Å². The van der Waals surface area contributed by atoms with Crippen molar-refractivity contribution in [3.8, 4) is 23.3 Å². The van der Waals surface area contributed by atoms with Crippen LogP contribution in [0.25, 0.3) is 0 Å². The van der Waals surface area contributed by atoms with E-state index in [1.54, 1.807) is 42.5 Å². The molecule has 0 saturated heterocycles. The van der Waals surface area contributed by atoms with E-state index in [0.717, 1.165) is 0 Å². The van der Waals surface area contributed by atoms with Gasteiger partial charge < -0.3 is 14.6 Å². The van der Waals surface area contributed by atoms with Crippen LogP contribution in [0, 0.1) is 28.6 Å². The van der Waals surface area contributed by atoms with Crippen LogP contribution in [-0.2, 0) is 9.53 Å². The second kappa shape index (κ2) is 8.36. The van der Waals surface area contributed by atoms with Crippen LogP contribution in [0.3, 0.4) is 0 Å². The normalized spacial score (nSPS) is 20.1. The molecule has 0 spiro atoms. The van der Waals surface area contributed by atoms with Crippen molar-refractivity contribution in [2.75, 3.05) is 0 Å². The Balaban J connectivity index is 1.72. The summed E-state index contributed by atoms with van der Waals surface area (Å²) in [6.45, 7) is 3.84. The first-order valence-electron chi connectivity index (χ1n) is 8.92. The zero-order valence-electron chi connectivity index (χ0n) is 15.8. The Bertz CT molecular complexity index is 975. The molecule has 0 aromatic heterocycles. The fourth-order valence-corrected chi connectivity index (χ4v) is 3.60. The molecule has 0 bridgehead atoms. The second-order valence-corrected chi connectivity index (χ2v) is 8.40. The molecule has 3 rings (SSSR count). The Morgan fingerprint density at radius 3 is 2.52 bits per heavy atom. The van der Waals surface area contributed by atoms with Gasteiger partial charge in [-0.3, -0.25) is 4.79 Å². The third-order valence-electron chi connectivity index (χ3n) is 5.05. The fourth-order valence-electron chi connectivity index (χ4n) is 3.32. The number of phenolic OH excluding ortho intramolecular Hbond substituents is 1. The molecule has 7 heteroatoms. The summed E-state index contributed by atoms with van der Waals surface area (Å²) in [6, 6.07) is 15.0. The minimum Gasteiger partial charge on any atom is -0.508 e. The van der Waals surface area contributed by atoms with E-state index in [1.165, 1.54) is 12.1 Å². The highest BCUT2D eigenvalue weighted by molar-refractivity contribution is 6.55. The Kier molecular flexibility index (Phi) is 6.07. The van der Waals surface area contributed by atoms with Crippen LogP contribution in [0.2, 0.25) is 0 Å². The number of rotatable bonds is 6. The molecule has 2 aromatic rings. The summed E-state index contributed by atoms with van der Waals surface area (Å²) in [5.74, 6) is 0.117. The number of hydrogen-bond acceptors (Lipinski definition) is 5. The van der Waals surface area contributed by atoms with Crippen LogP contribution in [0.1, 0.15) is 25.5 Å². The molecule has 3 unspecified atom stereocenters. The molecule has 0 aliphatic heterocycles. The van der Waals surface area contributed by atoms with E-state index < -0.39 is 18.0 Å². The average Bonchev–Trinajstić information content (AvgIpc) is 3.21. The maximum absolute atomic E-state index is 12.6. The average molecular weight is 432 g/mol. The van der Waals surface area contributed by atoms with Crippen LogP contribution < -0.4 is 4.74 Å². The number of halogens is 2. The van der Waals surface area contributed by atoms with Crippen molar-refractivity contribution >= 4 is 29.2 Å². The van der Waals surface area contributed by atoms with Crippen molar-refractivity contribution in [3.63, 3.8) is 0 Å². The van der Waals surface area contributed by atoms with Gasteiger partial charge in [-0.25, -0.2) is 0 Å². The van der Waals surface area contributed by atoms with Crippen LogP contribution in [0.4, 0.5) is 0 Å². The van der Waals surface area contributed by atoms with Crippen molar-refractivity contribution in [1.82, 2.24) is 0 Å². The summed E-state index contributed by atoms with van der Waals surface area (Å²) < 4.78 is 11.3. The number of phenols is 1. The third kappa shape index (κ3) is 4.84. The highest BCUT2D eigenvalue weighted by Gasteiger charge is 2.62. The minimum atomic E-state index is -1.07. The highest BCUT2D eigenvalue weighted by Crippen LogP contribution is 2.60. The zero-order valence-corrected chi connectivity index (χ0v) is 17.3. The predicted molar refractivity (Wildman–Crippen MR) is 110 cm³/mol. The molecule has 29 heavy (non-hydrogen) atoms. The van der Waals surface area contributed by atoms with Crippen LogP contribution >= 0.6 is 23.2 Å². The minimum absolute atomic E-state index is 0.106. The number of nitrogens with zero attached hydrogens (tertiary/aromatic N) is 1. The van der Waals surface area contributed by atoms with Crippen molar-refractivity contribution in [2.24, 2.45) is 17.3 Å². The van der Waals surface area contributed by atoms with Gasteiger partial charge in [-0.15, -0.1) is 0 Å². The first-order valence-corrected chi connectivity index (χ1v) is 9.67. The van der Waals surface area contributed by atoms with E-state index in [1.807, 2.05) is 19.9 Å². The summed E-state index contributed by atoms with van der Waals surface area (Å²) >= 11 is 11.5. The summed E-state index contributed by atoms with van der Waals surface area (Å²) in [6.07, 6.45) is 0.557. The number of carbonyl (C=O) groups is 1. The van der Waals surface area contributed by atoms with E-state index in [9.17, 15) is 15.2 Å². The Morgan fingerprint density at radius 2 is 1.90 bits per heavy atom. The summed E-state index contributed by atoms with van der Waals surface area (Å²) in [4.78, 5) is 12.6. The molecule has 1 aliphatic carbocycles. The van der Waals surface area contributed by atoms with Crippen LogP contribution in [-0.4, -0.2) is 11.1 Å². The molecule has 150 valence electrons. The first-order chi connectivity index (χ1) is 13.7. The van der Waals surface area contributed by atoms with Crippen molar-refractivity contribution in [3.05, 3.63) is 64.7 Å². The van der Waals surface area contributed by atoms with Crippen molar-refractivity contribution < 1.29 is 19.4 Å². The molecular weight excluding hydrogens is 413 g/mol. The lowest BCUT2D eigenvalue weighted by Crippen LogP contribution is -2.14. The van der Waals surface area contributed by atoms with Gasteiger partial charge in [0.2, 0.25) is 6.10 Å². The molecule has 2 aromatic carbocycles. The lowest BCUT2D eigenvalue weighted by molar-refractivity contribution is -0.149. The number of benzene rings is 2. The van der Waals surface area contributed by atoms with Crippen LogP contribution in [0.15, 0.2) is 59.1 Å². The molecule has 1 fully saturated rings. The first kappa shape index (κ1) is 21.0. The fraction of sp³-hybridized carbons (Fsp3) is 0.273. The maximum Gasteiger partial charge on any atom is 0.311 e. The van der Waals surface area contributed by atoms with Gasteiger partial charge in [0.05, 0.1) is 5.92 Å². The van der Waals surface area contributed by atoms with E-state index in [-0.39, 0.29) is 21.6 Å². The SMILES string of the molecule is CC1(C)C(C=C(Cl)Cl)C1C(=O)OC(C#N)c1cccc(Oc2ccc(O)cc2)c1. The number of nitriles is 1. The van der Waals surface area contributed by atoms with Gasteiger partial charge in [-0.05, 0) is 53.8 Å². The zero-order chi connectivity index (χ0) is 21.2. The maximum atomic E-state index is 12.6. The number of hydrogen-bond donors (Lipinski definition) is 1. The standard InChI is InChI=1S/C22H19Cl2NO4/c1-22(2)17(11-19(23)24)20(22)21(27)29-18(12-25)13-4-3-5-16(10-13)28-15-8-6-14(26)7-9-15/h3-11,17-18,20,26H,1-2H3. The quantitative estimate of drug-likeness (QED) is 0.577. The molecule has 1 aliphatic rings. The molecule has 0 radical (unpaired) electrons. The van der Waals surface area contributed by atoms with E-state index in [0.29, 0.717) is 17.1 Å². The Morgan fingerprint density at radius 1 is 1.21 bits per heavy atom. The van der Waals surface area contributed by atoms with E-state index in [2.05, 4.69) is 0 Å². The molecular formula is C22H19Cl2NO4. The van der Waals surface area contributed by atoms with Crippen molar-refractivity contribution in [2.45, 2.75) is 20.0 Å². The van der Waals surface area contributed by atoms with Gasteiger partial charge in [0.25, 0.3) is 0 Å². The number of ether oxygens (including phenoxy) is 2. The molecule has 0 heterocycles. The number of aromatic hydroxyl groups is 1. The molecule has 0 amide bonds. The van der Waals surface area contributed by atoms with Gasteiger partial charge in [-0.1, -0.05) is 49.2 Å². The van der Waals surface area contributed by atoms with Gasteiger partial charge in [0.1, 0.15) is 27.8 Å². The monoisotopic (exact) mass is 431 g/mol. The molecule has 3 atom stereocenters. The number of allylic oxidation sites excluding steroid dienone is 1. The Labute approximate surface area is 179 Å². The van der Waals surface area contributed by atoms with E-state index in [4.69, 9.17) is 32.7 Å². The summed E-state index contributed by atoms with van der Waals surface area (Å²) in [5, 5.41) is 18.9. The lowest BCUT2D eigenvalue weighted by Gasteiger charge is -2.13. The third-order valence-corrected chi connectivity index (χ3v) is 5.31. The van der Waals surface area contributed by atoms with Crippen molar-refractivity contribution in [1.29, 1.82) is 5.26 Å². The summed E-state index contributed by atoms with van der Waals surface area (Å²) in [5.41, 5.74) is 0.161. The highest BCUT2D eigenvalue weighted by atomic mass is 35.5. The molecule has 5 nitrogen and oxygen atoms in total. The van der Waals surface area contributed by atoms with Gasteiger partial charge >= 0.3 is 5.97 Å². The molecule has 1 N–H and O–H groups in total. The number of carbonyl (C=O) groups excluding carboxylic acids is 1. The lowest BCUT2D eigenvalue weighted by atomic mass is 10.1. The van der Waals surface area contributed by atoms with Gasteiger partial charge in [0.15, 0.2) is 0 Å². The summed E-state index contributed by atoms with van der Waals surface area (Å²) in [7, 11) is 0. The smallest absolute Gasteiger partial charge is 0.311 e. The Hall–Kier alpha value is -2.68.